The Balaban J connectivity index is 1.59. The largest absolute Gasteiger partial charge is 0.0499 e. The molecule has 7 aliphatic rings. The third-order valence-electron chi connectivity index (χ3n) is 7.65. The Hall–Kier alpha value is 0. The van der Waals surface area contributed by atoms with E-state index in [1.54, 1.807) is 25.7 Å². The first-order chi connectivity index (χ1) is 6.95. The van der Waals surface area contributed by atoms with Crippen molar-refractivity contribution in [2.45, 2.75) is 25.7 Å². The van der Waals surface area contributed by atoms with E-state index in [4.69, 9.17) is 0 Å². The van der Waals surface area contributed by atoms with Gasteiger partial charge in [-0.3, -0.25) is 0 Å². The summed E-state index contributed by atoms with van der Waals surface area (Å²) in [5.74, 6) is 12.7. The summed E-state index contributed by atoms with van der Waals surface area (Å²) in [7, 11) is 0. The third-order valence-corrected chi connectivity index (χ3v) is 7.65. The highest BCUT2D eigenvalue weighted by Gasteiger charge is 2.82. The molecule has 0 spiro atoms. The van der Waals surface area contributed by atoms with E-state index >= 15 is 0 Å². The summed E-state index contributed by atoms with van der Waals surface area (Å²) >= 11 is 0. The van der Waals surface area contributed by atoms with Gasteiger partial charge in [-0.2, -0.15) is 0 Å². The number of hydrogen-bond donors (Lipinski definition) is 0. The molecule has 8 unspecified atom stereocenters. The second-order valence-electron chi connectivity index (χ2n) is 7.36. The summed E-state index contributed by atoms with van der Waals surface area (Å²) in [6.45, 7) is 0. The van der Waals surface area contributed by atoms with Crippen LogP contribution in [0.1, 0.15) is 25.7 Å². The van der Waals surface area contributed by atoms with Gasteiger partial charge >= 0.3 is 0 Å². The van der Waals surface area contributed by atoms with E-state index in [0.29, 0.717) is 0 Å². The maximum absolute atomic E-state index is 1.69. The SMILES string of the molecule is C1CC2CC1C1C2C2C3CC4C(C31)C42. The fraction of sp³-hybridized carbons (Fsp3) is 1.00. The van der Waals surface area contributed by atoms with Crippen LogP contribution < -0.4 is 0 Å². The molecule has 7 fully saturated rings. The molecule has 8 atom stereocenters. The third kappa shape index (κ3) is 0.417. The van der Waals surface area contributed by atoms with Gasteiger partial charge in [-0.25, -0.2) is 0 Å². The lowest BCUT2D eigenvalue weighted by atomic mass is 9.71. The Bertz CT molecular complexity index is 316. The Morgan fingerprint density at radius 3 is 1.50 bits per heavy atom. The van der Waals surface area contributed by atoms with Crippen molar-refractivity contribution in [2.24, 2.45) is 59.2 Å². The summed E-state index contributed by atoms with van der Waals surface area (Å²) < 4.78 is 0. The molecule has 8 bridgehead atoms. The van der Waals surface area contributed by atoms with Crippen LogP contribution in [0, 0.1) is 59.2 Å². The molecule has 0 amide bonds. The normalized spacial score (nSPS) is 84.0. The minimum Gasteiger partial charge on any atom is -0.0499 e. The van der Waals surface area contributed by atoms with Gasteiger partial charge in [-0.05, 0) is 84.9 Å². The average Bonchev–Trinajstić information content (AvgIpc) is 2.80. The Kier molecular flexibility index (Phi) is 0.758. The van der Waals surface area contributed by atoms with Gasteiger partial charge in [0.25, 0.3) is 0 Å². The first-order valence-corrected chi connectivity index (χ1v) is 6.95. The molecule has 7 rings (SSSR count). The fourth-order valence-corrected chi connectivity index (χ4v) is 7.89. The molecule has 7 aliphatic carbocycles. The van der Waals surface area contributed by atoms with E-state index in [0.717, 1.165) is 0 Å². The molecule has 0 aromatic carbocycles. The van der Waals surface area contributed by atoms with Crippen molar-refractivity contribution in [3.63, 3.8) is 0 Å². The minimum atomic E-state index is 1.22. The Morgan fingerprint density at radius 2 is 1.00 bits per heavy atom. The molecule has 0 saturated heterocycles. The molecule has 0 N–H and O–H groups in total. The standard InChI is InChI=1S/C14H18/c1-2-6-3-5(1)9-10(6)12-7-4-8-13(11(7)9)14(8)12/h5-14H,1-4H2. The molecular formula is C14H18. The lowest BCUT2D eigenvalue weighted by Gasteiger charge is -2.34. The molecule has 0 aliphatic heterocycles. The van der Waals surface area contributed by atoms with Gasteiger partial charge in [-0.15, -0.1) is 0 Å². The van der Waals surface area contributed by atoms with Gasteiger partial charge < -0.3 is 0 Å². The highest BCUT2D eigenvalue weighted by atomic mass is 14.9. The monoisotopic (exact) mass is 186 g/mol. The van der Waals surface area contributed by atoms with Crippen LogP contribution in [0.4, 0.5) is 0 Å². The van der Waals surface area contributed by atoms with E-state index in [2.05, 4.69) is 0 Å². The molecule has 0 aromatic heterocycles. The molecular weight excluding hydrogens is 168 g/mol. The highest BCUT2D eigenvalue weighted by Crippen LogP contribution is 2.87. The maximum Gasteiger partial charge on any atom is -0.0315 e. The van der Waals surface area contributed by atoms with E-state index < -0.39 is 0 Å². The van der Waals surface area contributed by atoms with Gasteiger partial charge in [0.2, 0.25) is 0 Å². The van der Waals surface area contributed by atoms with Gasteiger partial charge in [-0.1, -0.05) is 0 Å². The van der Waals surface area contributed by atoms with Crippen LogP contribution in [0.25, 0.3) is 0 Å². The zero-order valence-electron chi connectivity index (χ0n) is 8.60. The van der Waals surface area contributed by atoms with Crippen LogP contribution in [-0.2, 0) is 0 Å². The molecule has 0 aromatic rings. The van der Waals surface area contributed by atoms with Crippen LogP contribution in [0.5, 0.6) is 0 Å². The lowest BCUT2D eigenvalue weighted by Crippen LogP contribution is -2.29. The summed E-state index contributed by atoms with van der Waals surface area (Å²) in [6, 6.07) is 0. The Labute approximate surface area is 85.4 Å². The zero-order valence-corrected chi connectivity index (χ0v) is 8.60. The summed E-state index contributed by atoms with van der Waals surface area (Å²) in [5, 5.41) is 0. The van der Waals surface area contributed by atoms with Crippen molar-refractivity contribution < 1.29 is 0 Å². The van der Waals surface area contributed by atoms with Crippen molar-refractivity contribution in [1.82, 2.24) is 0 Å². The van der Waals surface area contributed by atoms with Crippen LogP contribution in [0.3, 0.4) is 0 Å². The van der Waals surface area contributed by atoms with Gasteiger partial charge in [0.05, 0.1) is 0 Å². The summed E-state index contributed by atoms with van der Waals surface area (Å²) in [4.78, 5) is 0. The molecule has 14 heavy (non-hydrogen) atoms. The minimum absolute atomic E-state index is 1.22. The molecule has 0 radical (unpaired) electrons. The van der Waals surface area contributed by atoms with Crippen molar-refractivity contribution in [2.75, 3.05) is 0 Å². The molecule has 7 saturated carbocycles. The first kappa shape index (κ1) is 6.55. The fourth-order valence-electron chi connectivity index (χ4n) is 7.89. The second-order valence-corrected chi connectivity index (χ2v) is 7.36. The van der Waals surface area contributed by atoms with Crippen molar-refractivity contribution in [3.8, 4) is 0 Å². The van der Waals surface area contributed by atoms with E-state index in [1.807, 2.05) is 0 Å². The van der Waals surface area contributed by atoms with Crippen molar-refractivity contribution in [3.05, 3.63) is 0 Å². The van der Waals surface area contributed by atoms with E-state index in [1.165, 1.54) is 59.2 Å². The Morgan fingerprint density at radius 1 is 0.500 bits per heavy atom. The van der Waals surface area contributed by atoms with Gasteiger partial charge in [0, 0.05) is 0 Å². The van der Waals surface area contributed by atoms with E-state index in [9.17, 15) is 0 Å². The number of hydrogen-bond acceptors (Lipinski definition) is 0. The topological polar surface area (TPSA) is 0 Å². The highest BCUT2D eigenvalue weighted by molar-refractivity contribution is 5.29. The molecule has 0 heteroatoms. The number of rotatable bonds is 0. The van der Waals surface area contributed by atoms with Gasteiger partial charge in [0.15, 0.2) is 0 Å². The summed E-state index contributed by atoms with van der Waals surface area (Å²) in [6.07, 6.45) is 6.62. The number of fused-ring (bicyclic) bond motifs is 5. The van der Waals surface area contributed by atoms with Crippen LogP contribution >= 0.6 is 0 Å². The second kappa shape index (κ2) is 1.62. The predicted molar refractivity (Wildman–Crippen MR) is 53.4 cm³/mol. The van der Waals surface area contributed by atoms with Crippen molar-refractivity contribution in [1.29, 1.82) is 0 Å². The maximum atomic E-state index is 1.69. The van der Waals surface area contributed by atoms with Crippen LogP contribution in [0.15, 0.2) is 0 Å². The van der Waals surface area contributed by atoms with Crippen LogP contribution in [0.2, 0.25) is 0 Å². The molecule has 0 heterocycles. The summed E-state index contributed by atoms with van der Waals surface area (Å²) in [5.41, 5.74) is 0. The predicted octanol–water partition coefficient (Wildman–Crippen LogP) is 2.79. The quantitative estimate of drug-likeness (QED) is 0.545. The molecule has 74 valence electrons. The van der Waals surface area contributed by atoms with Crippen LogP contribution in [-0.4, -0.2) is 0 Å². The van der Waals surface area contributed by atoms with Crippen molar-refractivity contribution >= 4 is 0 Å². The lowest BCUT2D eigenvalue weighted by molar-refractivity contribution is 0.139. The average molecular weight is 186 g/mol. The van der Waals surface area contributed by atoms with Gasteiger partial charge in [0.1, 0.15) is 0 Å². The zero-order chi connectivity index (χ0) is 8.60. The first-order valence-electron chi connectivity index (χ1n) is 6.95. The molecule has 0 nitrogen and oxygen atoms in total. The smallest absolute Gasteiger partial charge is 0.0315 e. The van der Waals surface area contributed by atoms with E-state index in [-0.39, 0.29) is 0 Å².